The van der Waals surface area contributed by atoms with Gasteiger partial charge in [-0.1, -0.05) is 19.1 Å². The van der Waals surface area contributed by atoms with Crippen LogP contribution in [0.4, 0.5) is 24.7 Å². The number of anilines is 2. The molecule has 1 aromatic heterocycles. The van der Waals surface area contributed by atoms with Crippen molar-refractivity contribution in [2.24, 2.45) is 0 Å². The molecular formula is C16H15F3N4O. The van der Waals surface area contributed by atoms with Crippen molar-refractivity contribution in [3.8, 4) is 12.1 Å². The van der Waals surface area contributed by atoms with Crippen molar-refractivity contribution in [3.05, 3.63) is 41.6 Å². The average molecular weight is 336 g/mol. The third kappa shape index (κ3) is 3.74. The summed E-state index contributed by atoms with van der Waals surface area (Å²) < 4.78 is 45.1. The second-order valence-electron chi connectivity index (χ2n) is 4.92. The van der Waals surface area contributed by atoms with Crippen LogP contribution >= 0.6 is 0 Å². The highest BCUT2D eigenvalue weighted by molar-refractivity contribution is 5.68. The number of hydrogen-bond acceptors (Lipinski definition) is 5. The molecule has 1 aromatic carbocycles. The van der Waals surface area contributed by atoms with E-state index in [0.717, 1.165) is 0 Å². The molecule has 0 N–H and O–H groups in total. The van der Waals surface area contributed by atoms with Gasteiger partial charge in [0.2, 0.25) is 0 Å². The monoisotopic (exact) mass is 336 g/mol. The second-order valence-corrected chi connectivity index (χ2v) is 4.92. The van der Waals surface area contributed by atoms with E-state index in [0.29, 0.717) is 24.9 Å². The highest BCUT2D eigenvalue weighted by atomic mass is 19.4. The maximum Gasteiger partial charge on any atom is 0.421 e. The molecule has 8 heteroatoms. The van der Waals surface area contributed by atoms with Crippen LogP contribution in [-0.4, -0.2) is 23.6 Å². The van der Waals surface area contributed by atoms with Crippen LogP contribution in [0, 0.1) is 11.3 Å². The summed E-state index contributed by atoms with van der Waals surface area (Å²) in [4.78, 5) is 8.72. The molecule has 0 aliphatic carbocycles. The summed E-state index contributed by atoms with van der Waals surface area (Å²) in [5.41, 5.74) is -0.449. The van der Waals surface area contributed by atoms with Gasteiger partial charge in [0.15, 0.2) is 5.82 Å². The number of para-hydroxylation sites is 1. The largest absolute Gasteiger partial charge is 0.463 e. The van der Waals surface area contributed by atoms with Gasteiger partial charge in [-0.15, -0.1) is 0 Å². The molecule has 2 aromatic rings. The van der Waals surface area contributed by atoms with Crippen LogP contribution in [0.2, 0.25) is 0 Å². The molecule has 0 saturated heterocycles. The van der Waals surface area contributed by atoms with E-state index in [9.17, 15) is 13.2 Å². The number of nitriles is 1. The Morgan fingerprint density at radius 3 is 2.62 bits per heavy atom. The fraction of sp³-hybridized carbons (Fsp3) is 0.312. The second kappa shape index (κ2) is 7.17. The summed E-state index contributed by atoms with van der Waals surface area (Å²) in [5.74, 6) is -0.369. The van der Waals surface area contributed by atoms with Crippen LogP contribution in [0.1, 0.15) is 24.5 Å². The van der Waals surface area contributed by atoms with Gasteiger partial charge in [-0.25, -0.2) is 4.98 Å². The molecule has 0 aliphatic heterocycles. The van der Waals surface area contributed by atoms with Crippen LogP contribution in [0.3, 0.4) is 0 Å². The summed E-state index contributed by atoms with van der Waals surface area (Å²) >= 11 is 0. The minimum absolute atomic E-state index is 0.138. The van der Waals surface area contributed by atoms with Crippen molar-refractivity contribution >= 4 is 11.5 Å². The van der Waals surface area contributed by atoms with Crippen LogP contribution in [-0.2, 0) is 6.18 Å². The molecule has 0 unspecified atom stereocenters. The number of aromatic nitrogens is 2. The molecule has 2 rings (SSSR count). The lowest BCUT2D eigenvalue weighted by molar-refractivity contribution is -0.137. The lowest BCUT2D eigenvalue weighted by atomic mass is 10.1. The Morgan fingerprint density at radius 2 is 2.00 bits per heavy atom. The predicted octanol–water partition coefficient (Wildman–Crippen LogP) is 3.92. The maximum absolute atomic E-state index is 13.3. The van der Waals surface area contributed by atoms with E-state index in [1.807, 2.05) is 13.0 Å². The standard InChI is InChI=1S/C16H15F3N4O/c1-3-8-24-15-21-10-12(16(17,18)19)14(22-15)23(2)13-7-5-4-6-11(13)9-20/h4-7,10H,3,8H2,1-2H3. The molecule has 0 atom stereocenters. The molecular weight excluding hydrogens is 321 g/mol. The number of ether oxygens (including phenoxy) is 1. The topological polar surface area (TPSA) is 62.0 Å². The van der Waals surface area contributed by atoms with E-state index in [-0.39, 0.29) is 17.4 Å². The molecule has 0 saturated carbocycles. The summed E-state index contributed by atoms with van der Waals surface area (Å²) in [7, 11) is 1.41. The minimum Gasteiger partial charge on any atom is -0.463 e. The third-order valence-electron chi connectivity index (χ3n) is 3.19. The fourth-order valence-electron chi connectivity index (χ4n) is 2.05. The van der Waals surface area contributed by atoms with Gasteiger partial charge in [-0.2, -0.15) is 23.4 Å². The Kier molecular flexibility index (Phi) is 5.24. The van der Waals surface area contributed by atoms with Gasteiger partial charge in [-0.3, -0.25) is 0 Å². The number of halogens is 3. The number of rotatable bonds is 5. The van der Waals surface area contributed by atoms with Gasteiger partial charge in [0, 0.05) is 13.2 Å². The number of benzene rings is 1. The fourth-order valence-corrected chi connectivity index (χ4v) is 2.05. The molecule has 126 valence electrons. The maximum atomic E-state index is 13.3. The summed E-state index contributed by atoms with van der Waals surface area (Å²) in [6, 6.07) is 8.16. The Labute approximate surface area is 137 Å². The average Bonchev–Trinajstić information content (AvgIpc) is 2.58. The summed E-state index contributed by atoms with van der Waals surface area (Å²) in [6.45, 7) is 2.16. The van der Waals surface area contributed by atoms with Gasteiger partial charge >= 0.3 is 12.2 Å². The Balaban J connectivity index is 2.54. The van der Waals surface area contributed by atoms with Crippen LogP contribution in [0.15, 0.2) is 30.5 Å². The van der Waals surface area contributed by atoms with Crippen molar-refractivity contribution in [1.29, 1.82) is 5.26 Å². The van der Waals surface area contributed by atoms with E-state index in [4.69, 9.17) is 10.00 Å². The molecule has 1 heterocycles. The Bertz CT molecular complexity index is 756. The van der Waals surface area contributed by atoms with Crippen molar-refractivity contribution < 1.29 is 17.9 Å². The molecule has 0 bridgehead atoms. The Morgan fingerprint density at radius 1 is 1.29 bits per heavy atom. The molecule has 5 nitrogen and oxygen atoms in total. The van der Waals surface area contributed by atoms with Crippen LogP contribution in [0.5, 0.6) is 6.01 Å². The smallest absolute Gasteiger partial charge is 0.421 e. The van der Waals surface area contributed by atoms with Crippen molar-refractivity contribution in [2.75, 3.05) is 18.6 Å². The molecule has 0 spiro atoms. The molecule has 0 fully saturated rings. The van der Waals surface area contributed by atoms with Crippen LogP contribution in [0.25, 0.3) is 0 Å². The quantitative estimate of drug-likeness (QED) is 0.828. The highest BCUT2D eigenvalue weighted by Gasteiger charge is 2.37. The zero-order chi connectivity index (χ0) is 17.7. The molecule has 0 aliphatic rings. The van der Waals surface area contributed by atoms with Gasteiger partial charge in [0.05, 0.1) is 17.9 Å². The van der Waals surface area contributed by atoms with Gasteiger partial charge in [-0.05, 0) is 18.6 Å². The third-order valence-corrected chi connectivity index (χ3v) is 3.19. The van der Waals surface area contributed by atoms with Gasteiger partial charge in [0.25, 0.3) is 0 Å². The highest BCUT2D eigenvalue weighted by Crippen LogP contribution is 2.38. The van der Waals surface area contributed by atoms with E-state index < -0.39 is 11.7 Å². The van der Waals surface area contributed by atoms with Crippen LogP contribution < -0.4 is 9.64 Å². The van der Waals surface area contributed by atoms with E-state index in [2.05, 4.69) is 9.97 Å². The first-order valence-electron chi connectivity index (χ1n) is 7.18. The first kappa shape index (κ1) is 17.5. The van der Waals surface area contributed by atoms with E-state index in [1.54, 1.807) is 18.2 Å². The zero-order valence-corrected chi connectivity index (χ0v) is 13.1. The van der Waals surface area contributed by atoms with Gasteiger partial charge < -0.3 is 9.64 Å². The van der Waals surface area contributed by atoms with Crippen molar-refractivity contribution in [2.45, 2.75) is 19.5 Å². The van der Waals surface area contributed by atoms with E-state index in [1.165, 1.54) is 18.0 Å². The normalized spacial score (nSPS) is 11.0. The number of nitrogens with zero attached hydrogens (tertiary/aromatic N) is 4. The number of alkyl halides is 3. The summed E-state index contributed by atoms with van der Waals surface area (Å²) in [6.07, 6.45) is -3.26. The Hall–Kier alpha value is -2.82. The molecule has 0 radical (unpaired) electrons. The van der Waals surface area contributed by atoms with E-state index >= 15 is 0 Å². The zero-order valence-electron chi connectivity index (χ0n) is 13.1. The SMILES string of the molecule is CCCOc1ncc(C(F)(F)F)c(N(C)c2ccccc2C#N)n1. The van der Waals surface area contributed by atoms with Crippen molar-refractivity contribution in [1.82, 2.24) is 9.97 Å². The lowest BCUT2D eigenvalue weighted by Crippen LogP contribution is -2.20. The minimum atomic E-state index is -4.63. The molecule has 24 heavy (non-hydrogen) atoms. The number of hydrogen-bond donors (Lipinski definition) is 0. The first-order chi connectivity index (χ1) is 11.4. The molecule has 0 amide bonds. The lowest BCUT2D eigenvalue weighted by Gasteiger charge is -2.23. The first-order valence-corrected chi connectivity index (χ1v) is 7.18. The van der Waals surface area contributed by atoms with Gasteiger partial charge in [0.1, 0.15) is 11.6 Å². The predicted molar refractivity (Wildman–Crippen MR) is 82.0 cm³/mol. The summed E-state index contributed by atoms with van der Waals surface area (Å²) in [5, 5.41) is 9.16. The van der Waals surface area contributed by atoms with Crippen molar-refractivity contribution in [3.63, 3.8) is 0 Å².